The number of ether oxygens (including phenoxy) is 1. The van der Waals surface area contributed by atoms with Gasteiger partial charge in [-0.3, -0.25) is 4.90 Å². The lowest BCUT2D eigenvalue weighted by Gasteiger charge is -2.41. The third-order valence-corrected chi connectivity index (χ3v) is 9.58. The van der Waals surface area contributed by atoms with E-state index in [0.717, 1.165) is 11.3 Å². The number of carbonyl (C=O) groups excluding carboxylic acids is 1. The normalized spacial score (nSPS) is 15.9. The Morgan fingerprint density at radius 1 is 1.23 bits per heavy atom. The number of hydrogen-bond acceptors (Lipinski definition) is 4. The second-order valence-electron chi connectivity index (χ2n) is 8.31. The van der Waals surface area contributed by atoms with E-state index < -0.39 is 20.5 Å². The summed E-state index contributed by atoms with van der Waals surface area (Å²) in [6, 6.07) is 6.97. The Morgan fingerprint density at radius 3 is 2.53 bits per heavy atom. The van der Waals surface area contributed by atoms with Crippen LogP contribution in [0.25, 0.3) is 6.08 Å². The fraction of sp³-hybridized carbons (Fsp3) is 0.375. The molecule has 1 aromatic rings. The molecule has 1 amide bonds. The summed E-state index contributed by atoms with van der Waals surface area (Å²) in [5, 5.41) is 8.71. The molecule has 1 unspecified atom stereocenters. The van der Waals surface area contributed by atoms with Crippen molar-refractivity contribution in [2.24, 2.45) is 0 Å². The summed E-state index contributed by atoms with van der Waals surface area (Å²) in [4.78, 5) is 14.2. The van der Waals surface area contributed by atoms with Crippen LogP contribution in [0.4, 0.5) is 10.5 Å². The number of hydrogen-bond donors (Lipinski definition) is 1. The van der Waals surface area contributed by atoms with Crippen LogP contribution in [-0.4, -0.2) is 39.3 Å². The lowest BCUT2D eigenvalue weighted by atomic mass is 10.0. The molecule has 0 bridgehead atoms. The van der Waals surface area contributed by atoms with Crippen molar-refractivity contribution in [2.45, 2.75) is 44.9 Å². The largest absolute Gasteiger partial charge is 0.544 e. The van der Waals surface area contributed by atoms with E-state index in [1.165, 1.54) is 12.0 Å². The smallest absolute Gasteiger partial charge is 0.415 e. The van der Waals surface area contributed by atoms with E-state index in [0.29, 0.717) is 5.76 Å². The van der Waals surface area contributed by atoms with Crippen molar-refractivity contribution < 1.29 is 19.1 Å². The Morgan fingerprint density at radius 2 is 1.90 bits per heavy atom. The number of allylic oxidation sites excluding steroid dienone is 2. The molecular formula is C24H29NO4Si. The highest BCUT2D eigenvalue weighted by molar-refractivity contribution is 6.74. The van der Waals surface area contributed by atoms with Crippen molar-refractivity contribution in [3.8, 4) is 23.7 Å². The number of anilines is 1. The number of carbonyl (C=O) groups is 1. The average Bonchev–Trinajstić information content (AvgIpc) is 2.68. The van der Waals surface area contributed by atoms with Crippen molar-refractivity contribution in [3.05, 3.63) is 47.7 Å². The summed E-state index contributed by atoms with van der Waals surface area (Å²) in [7, 11) is -0.824. The maximum absolute atomic E-state index is 12.7. The highest BCUT2D eigenvalue weighted by atomic mass is 28.4. The zero-order valence-electron chi connectivity index (χ0n) is 18.4. The van der Waals surface area contributed by atoms with Gasteiger partial charge >= 0.3 is 6.09 Å². The van der Waals surface area contributed by atoms with Crippen molar-refractivity contribution in [1.82, 2.24) is 0 Å². The summed E-state index contributed by atoms with van der Waals surface area (Å²) in [6.45, 7) is 10.6. The van der Waals surface area contributed by atoms with Crippen LogP contribution in [0.1, 0.15) is 26.3 Å². The topological polar surface area (TPSA) is 59.0 Å². The molecule has 1 aromatic carbocycles. The predicted molar refractivity (Wildman–Crippen MR) is 123 cm³/mol. The molecule has 2 rings (SSSR count). The molecule has 30 heavy (non-hydrogen) atoms. The first-order valence-electron chi connectivity index (χ1n) is 9.74. The van der Waals surface area contributed by atoms with Crippen LogP contribution in [0, 0.1) is 23.7 Å². The van der Waals surface area contributed by atoms with Gasteiger partial charge in [-0.15, -0.1) is 0 Å². The molecule has 5 nitrogen and oxygen atoms in total. The molecule has 0 saturated carbocycles. The zero-order valence-corrected chi connectivity index (χ0v) is 19.4. The van der Waals surface area contributed by atoms with Gasteiger partial charge in [-0.1, -0.05) is 62.7 Å². The zero-order chi connectivity index (χ0) is 22.4. The van der Waals surface area contributed by atoms with Gasteiger partial charge in [0.1, 0.15) is 12.4 Å². The van der Waals surface area contributed by atoms with Crippen molar-refractivity contribution in [3.63, 3.8) is 0 Å². The fourth-order valence-corrected chi connectivity index (χ4v) is 3.68. The standard InChI is InChI=1S/C24H29NO4Si/c1-24(2,3)30(5,6)29-22-18-19-14-11-12-15-20(19)25(23(27)28-4)21(22)16-10-8-7-9-13-17-26/h7-8,11-12,14-15,18,21,26H,17H2,1-6H3/b8-7-. The first kappa shape index (κ1) is 23.3. The number of aliphatic hydroxyl groups is 1. The van der Waals surface area contributed by atoms with E-state index >= 15 is 0 Å². The summed E-state index contributed by atoms with van der Waals surface area (Å²) in [5.74, 6) is 11.9. The predicted octanol–water partition coefficient (Wildman–Crippen LogP) is 4.56. The molecule has 158 valence electrons. The van der Waals surface area contributed by atoms with Gasteiger partial charge in [0.2, 0.25) is 8.32 Å². The van der Waals surface area contributed by atoms with Gasteiger partial charge in [0.15, 0.2) is 6.04 Å². The van der Waals surface area contributed by atoms with Gasteiger partial charge in [0, 0.05) is 5.56 Å². The molecule has 0 spiro atoms. The number of aliphatic hydroxyl groups excluding tert-OH is 1. The minimum Gasteiger partial charge on any atom is -0.544 e. The van der Waals surface area contributed by atoms with E-state index in [-0.39, 0.29) is 11.6 Å². The molecule has 0 aromatic heterocycles. The number of rotatable bonds is 2. The second kappa shape index (κ2) is 9.71. The quantitative estimate of drug-likeness (QED) is 0.560. The third kappa shape index (κ3) is 5.36. The molecule has 1 heterocycles. The number of amides is 1. The molecule has 0 saturated heterocycles. The van der Waals surface area contributed by atoms with Crippen LogP contribution >= 0.6 is 0 Å². The highest BCUT2D eigenvalue weighted by Crippen LogP contribution is 2.41. The van der Waals surface area contributed by atoms with Crippen LogP contribution in [0.15, 0.2) is 42.2 Å². The molecule has 0 fully saturated rings. The van der Waals surface area contributed by atoms with Gasteiger partial charge in [-0.05, 0) is 42.4 Å². The van der Waals surface area contributed by atoms with Gasteiger partial charge in [-0.25, -0.2) is 4.79 Å². The van der Waals surface area contributed by atoms with Gasteiger partial charge in [0.25, 0.3) is 0 Å². The summed E-state index contributed by atoms with van der Waals surface area (Å²) >= 11 is 0. The maximum Gasteiger partial charge on any atom is 0.415 e. The lowest BCUT2D eigenvalue weighted by Crippen LogP contribution is -2.48. The Labute approximate surface area is 180 Å². The summed E-state index contributed by atoms with van der Waals surface area (Å²) in [5.41, 5.74) is 1.59. The lowest BCUT2D eigenvalue weighted by molar-refractivity contribution is 0.176. The van der Waals surface area contributed by atoms with Gasteiger partial charge in [0.05, 0.1) is 12.8 Å². The molecule has 0 radical (unpaired) electrons. The molecule has 1 aliphatic heterocycles. The Hall–Kier alpha value is -2.93. The first-order chi connectivity index (χ1) is 14.1. The van der Waals surface area contributed by atoms with Crippen molar-refractivity contribution in [1.29, 1.82) is 0 Å². The SMILES string of the molecule is COC(=O)N1c2ccccc2C=C(O[Si](C)(C)C(C)(C)C)C1C#C/C=C\C#CCO. The van der Waals surface area contributed by atoms with Crippen LogP contribution in [0.2, 0.25) is 18.1 Å². The molecule has 0 aliphatic carbocycles. The number of methoxy groups -OCH3 is 1. The molecule has 1 N–H and O–H groups in total. The Bertz CT molecular complexity index is 965. The Balaban J connectivity index is 2.56. The Kier molecular flexibility index (Phi) is 7.56. The number of nitrogens with zero attached hydrogens (tertiary/aromatic N) is 1. The van der Waals surface area contributed by atoms with Gasteiger partial charge in [-0.2, -0.15) is 0 Å². The highest BCUT2D eigenvalue weighted by Gasteiger charge is 2.43. The first-order valence-corrected chi connectivity index (χ1v) is 12.7. The van der Waals surface area contributed by atoms with E-state index in [1.807, 2.05) is 30.3 Å². The van der Waals surface area contributed by atoms with E-state index in [2.05, 4.69) is 57.5 Å². The third-order valence-electron chi connectivity index (χ3n) is 5.22. The van der Waals surface area contributed by atoms with Crippen molar-refractivity contribution in [2.75, 3.05) is 18.6 Å². The number of benzene rings is 1. The van der Waals surface area contributed by atoms with Crippen LogP contribution in [0.5, 0.6) is 0 Å². The van der Waals surface area contributed by atoms with Crippen LogP contribution < -0.4 is 4.90 Å². The maximum atomic E-state index is 12.7. The summed E-state index contributed by atoms with van der Waals surface area (Å²) < 4.78 is 11.7. The fourth-order valence-electron chi connectivity index (χ4n) is 2.61. The minimum atomic E-state index is -2.18. The molecular weight excluding hydrogens is 394 g/mol. The molecule has 6 heteroatoms. The monoisotopic (exact) mass is 423 g/mol. The van der Waals surface area contributed by atoms with E-state index in [4.69, 9.17) is 14.3 Å². The van der Waals surface area contributed by atoms with Crippen molar-refractivity contribution >= 4 is 26.2 Å². The second-order valence-corrected chi connectivity index (χ2v) is 13.0. The number of fused-ring (bicyclic) bond motifs is 1. The summed E-state index contributed by atoms with van der Waals surface area (Å²) in [6.07, 6.45) is 4.60. The van der Waals surface area contributed by atoms with Crippen LogP contribution in [0.3, 0.4) is 0 Å². The molecule has 1 atom stereocenters. The minimum absolute atomic E-state index is 0.0152. The van der Waals surface area contributed by atoms with E-state index in [9.17, 15) is 4.79 Å². The molecule has 1 aliphatic rings. The van der Waals surface area contributed by atoms with Crippen LogP contribution in [-0.2, 0) is 9.16 Å². The average molecular weight is 424 g/mol. The number of para-hydroxylation sites is 1. The van der Waals surface area contributed by atoms with E-state index in [1.54, 1.807) is 12.2 Å². The van der Waals surface area contributed by atoms with Gasteiger partial charge < -0.3 is 14.3 Å².